The number of alkyl halides is 1. The first-order valence-corrected chi connectivity index (χ1v) is 8.94. The third-order valence-electron chi connectivity index (χ3n) is 2.75. The van der Waals surface area contributed by atoms with E-state index in [1.807, 2.05) is 0 Å². The van der Waals surface area contributed by atoms with Crippen LogP contribution in [0.1, 0.15) is 38.5 Å². The van der Waals surface area contributed by atoms with Gasteiger partial charge in [-0.2, -0.15) is 12.7 Å². The maximum atomic E-state index is 11.7. The Morgan fingerprint density at radius 1 is 1.06 bits per heavy atom. The Labute approximate surface area is 112 Å². The first-order chi connectivity index (χ1) is 7.67. The van der Waals surface area contributed by atoms with Gasteiger partial charge in [-0.1, -0.05) is 35.4 Å². The van der Waals surface area contributed by atoms with Gasteiger partial charge in [0.1, 0.15) is 0 Å². The lowest BCUT2D eigenvalue weighted by Gasteiger charge is -2.15. The molecule has 0 amide bonds. The molecule has 1 heterocycles. The van der Waals surface area contributed by atoms with E-state index in [4.69, 9.17) is 0 Å². The molecule has 0 saturated carbocycles. The summed E-state index contributed by atoms with van der Waals surface area (Å²) < 4.78 is 28.9. The number of nitrogens with one attached hydrogen (secondary N) is 1. The summed E-state index contributed by atoms with van der Waals surface area (Å²) in [7, 11) is -3.17. The van der Waals surface area contributed by atoms with Crippen LogP contribution >= 0.6 is 22.6 Å². The molecule has 6 heteroatoms. The summed E-state index contributed by atoms with van der Waals surface area (Å²) in [5, 5.41) is 0. The molecule has 0 bridgehead atoms. The smallest absolute Gasteiger partial charge is 0.202 e. The van der Waals surface area contributed by atoms with Crippen LogP contribution in [0.3, 0.4) is 0 Å². The van der Waals surface area contributed by atoms with Gasteiger partial charge in [-0.15, -0.1) is 0 Å². The molecule has 1 N–H and O–H groups in total. The van der Waals surface area contributed by atoms with E-state index in [9.17, 15) is 8.42 Å². The van der Waals surface area contributed by atoms with Crippen molar-refractivity contribution < 1.29 is 8.42 Å². The monoisotopic (exact) mass is 360 g/mol. The molecular weight excluding hydrogens is 339 g/mol. The van der Waals surface area contributed by atoms with Crippen molar-refractivity contribution in [3.05, 3.63) is 0 Å². The highest BCUT2D eigenvalue weighted by molar-refractivity contribution is 14.1. The Kier molecular flexibility index (Phi) is 7.18. The zero-order valence-corrected chi connectivity index (χ0v) is 12.6. The molecule has 1 aliphatic rings. The highest BCUT2D eigenvalue weighted by atomic mass is 127. The number of rotatable bonds is 8. The fourth-order valence-corrected chi connectivity index (χ4v) is 3.66. The molecule has 0 aliphatic carbocycles. The normalized spacial score (nSPS) is 18.1. The summed E-state index contributed by atoms with van der Waals surface area (Å²) in [4.78, 5) is 0. The maximum Gasteiger partial charge on any atom is 0.279 e. The second kappa shape index (κ2) is 7.84. The van der Waals surface area contributed by atoms with E-state index in [-0.39, 0.29) is 0 Å². The molecule has 0 aromatic heterocycles. The van der Waals surface area contributed by atoms with Crippen LogP contribution in [0.2, 0.25) is 0 Å². The lowest BCUT2D eigenvalue weighted by atomic mass is 10.2. The van der Waals surface area contributed by atoms with E-state index in [1.165, 1.54) is 17.3 Å². The number of hydrogen-bond donors (Lipinski definition) is 1. The van der Waals surface area contributed by atoms with Crippen LogP contribution < -0.4 is 4.72 Å². The van der Waals surface area contributed by atoms with Crippen LogP contribution in [0.15, 0.2) is 0 Å². The summed E-state index contributed by atoms with van der Waals surface area (Å²) in [6.45, 7) is 1.95. The lowest BCUT2D eigenvalue weighted by molar-refractivity contribution is 0.463. The van der Waals surface area contributed by atoms with Gasteiger partial charge < -0.3 is 0 Å². The maximum absolute atomic E-state index is 11.7. The molecule has 96 valence electrons. The highest BCUT2D eigenvalue weighted by Crippen LogP contribution is 2.11. The van der Waals surface area contributed by atoms with Crippen LogP contribution in [0.25, 0.3) is 0 Å². The van der Waals surface area contributed by atoms with E-state index in [1.54, 1.807) is 4.31 Å². The van der Waals surface area contributed by atoms with Crippen molar-refractivity contribution >= 4 is 32.8 Å². The quantitative estimate of drug-likeness (QED) is 0.408. The van der Waals surface area contributed by atoms with Gasteiger partial charge in [0.15, 0.2) is 0 Å². The number of nitrogens with zero attached hydrogens (tertiary/aromatic N) is 1. The molecule has 1 aliphatic heterocycles. The van der Waals surface area contributed by atoms with Gasteiger partial charge in [-0.25, -0.2) is 4.72 Å². The van der Waals surface area contributed by atoms with Gasteiger partial charge in [0, 0.05) is 19.6 Å². The summed E-state index contributed by atoms with van der Waals surface area (Å²) >= 11 is 2.37. The van der Waals surface area contributed by atoms with Crippen molar-refractivity contribution in [2.75, 3.05) is 24.1 Å². The topological polar surface area (TPSA) is 49.4 Å². The first-order valence-electron chi connectivity index (χ1n) is 5.97. The minimum absolute atomic E-state index is 0.583. The van der Waals surface area contributed by atoms with Crippen LogP contribution in [-0.4, -0.2) is 36.8 Å². The number of unbranched alkanes of at least 4 members (excludes halogenated alkanes) is 3. The summed E-state index contributed by atoms with van der Waals surface area (Å²) in [6, 6.07) is 0. The predicted molar refractivity (Wildman–Crippen MR) is 75.1 cm³/mol. The van der Waals surface area contributed by atoms with Crippen molar-refractivity contribution in [2.45, 2.75) is 38.5 Å². The zero-order chi connectivity index (χ0) is 11.9. The predicted octanol–water partition coefficient (Wildman–Crippen LogP) is 1.91. The Hall–Kier alpha value is 0.600. The number of halogens is 1. The highest BCUT2D eigenvalue weighted by Gasteiger charge is 2.24. The molecule has 1 fully saturated rings. The van der Waals surface area contributed by atoms with E-state index < -0.39 is 10.2 Å². The second-order valence-electron chi connectivity index (χ2n) is 4.11. The van der Waals surface area contributed by atoms with Crippen molar-refractivity contribution in [3.63, 3.8) is 0 Å². The van der Waals surface area contributed by atoms with E-state index in [0.717, 1.165) is 25.7 Å². The number of hydrogen-bond acceptors (Lipinski definition) is 2. The van der Waals surface area contributed by atoms with E-state index in [0.29, 0.717) is 19.6 Å². The average molecular weight is 360 g/mol. The summed E-state index contributed by atoms with van der Waals surface area (Å²) in [5.74, 6) is 0. The molecule has 16 heavy (non-hydrogen) atoms. The van der Waals surface area contributed by atoms with Crippen molar-refractivity contribution in [1.29, 1.82) is 0 Å². The van der Waals surface area contributed by atoms with Gasteiger partial charge in [-0.05, 0) is 30.1 Å². The third kappa shape index (κ3) is 5.29. The van der Waals surface area contributed by atoms with Crippen molar-refractivity contribution in [2.24, 2.45) is 0 Å². The standard InChI is InChI=1S/C10H21IN2O2S/c11-7-3-1-2-4-8-12-16(14,15)13-9-5-6-10-13/h12H,1-10H2. The minimum atomic E-state index is -3.17. The molecule has 0 radical (unpaired) electrons. The van der Waals surface area contributed by atoms with E-state index >= 15 is 0 Å². The van der Waals surface area contributed by atoms with Crippen LogP contribution in [-0.2, 0) is 10.2 Å². The SMILES string of the molecule is O=S(=O)(NCCCCCCI)N1CCCC1. The largest absolute Gasteiger partial charge is 0.279 e. The van der Waals surface area contributed by atoms with E-state index in [2.05, 4.69) is 27.3 Å². The van der Waals surface area contributed by atoms with Crippen LogP contribution in [0.5, 0.6) is 0 Å². The third-order valence-corrected chi connectivity index (χ3v) is 5.13. The van der Waals surface area contributed by atoms with Crippen LogP contribution in [0, 0.1) is 0 Å². The van der Waals surface area contributed by atoms with Gasteiger partial charge in [0.25, 0.3) is 10.2 Å². The van der Waals surface area contributed by atoms with Gasteiger partial charge in [-0.3, -0.25) is 0 Å². The van der Waals surface area contributed by atoms with Gasteiger partial charge >= 0.3 is 0 Å². The average Bonchev–Trinajstić information content (AvgIpc) is 2.77. The summed E-state index contributed by atoms with van der Waals surface area (Å²) in [6.07, 6.45) is 6.50. The molecule has 4 nitrogen and oxygen atoms in total. The molecule has 0 unspecified atom stereocenters. The molecule has 1 saturated heterocycles. The molecule has 0 atom stereocenters. The Balaban J connectivity index is 2.11. The fraction of sp³-hybridized carbons (Fsp3) is 1.00. The zero-order valence-electron chi connectivity index (χ0n) is 9.62. The molecular formula is C10H21IN2O2S. The Morgan fingerprint density at radius 3 is 2.31 bits per heavy atom. The van der Waals surface area contributed by atoms with Gasteiger partial charge in [0.05, 0.1) is 0 Å². The Bertz CT molecular complexity index is 277. The molecule has 1 rings (SSSR count). The lowest BCUT2D eigenvalue weighted by Crippen LogP contribution is -2.39. The van der Waals surface area contributed by atoms with Gasteiger partial charge in [0.2, 0.25) is 0 Å². The van der Waals surface area contributed by atoms with Crippen LogP contribution in [0.4, 0.5) is 0 Å². The molecule has 0 aromatic carbocycles. The molecule has 0 aromatic rings. The first kappa shape index (κ1) is 14.7. The fourth-order valence-electron chi connectivity index (χ4n) is 1.79. The van der Waals surface area contributed by atoms with Crippen molar-refractivity contribution in [3.8, 4) is 0 Å². The Morgan fingerprint density at radius 2 is 1.69 bits per heavy atom. The minimum Gasteiger partial charge on any atom is -0.202 e. The van der Waals surface area contributed by atoms with Crippen molar-refractivity contribution in [1.82, 2.24) is 9.03 Å². The summed E-state index contributed by atoms with van der Waals surface area (Å²) in [5.41, 5.74) is 0. The second-order valence-corrected chi connectivity index (χ2v) is 6.94. The molecule has 0 spiro atoms.